The van der Waals surface area contributed by atoms with Crippen molar-refractivity contribution in [1.82, 2.24) is 19.8 Å². The number of nitrogens with zero attached hydrogens (tertiary/aromatic N) is 5. The number of rotatable bonds is 3. The van der Waals surface area contributed by atoms with Gasteiger partial charge in [0.2, 0.25) is 0 Å². The Hall–Kier alpha value is -3.20. The van der Waals surface area contributed by atoms with Crippen LogP contribution in [0, 0.1) is 0 Å². The summed E-state index contributed by atoms with van der Waals surface area (Å²) in [6.07, 6.45) is 5.68. The highest BCUT2D eigenvalue weighted by molar-refractivity contribution is 5.98. The first-order chi connectivity index (χ1) is 16.0. The summed E-state index contributed by atoms with van der Waals surface area (Å²) in [6, 6.07) is 3.25. The molecule has 1 saturated heterocycles. The van der Waals surface area contributed by atoms with Crippen molar-refractivity contribution in [2.75, 3.05) is 38.7 Å². The van der Waals surface area contributed by atoms with Crippen molar-refractivity contribution in [2.24, 2.45) is 0 Å². The number of ether oxygens (including phenoxy) is 2. The second-order valence-electron chi connectivity index (χ2n) is 10.0. The molecule has 0 spiro atoms. The summed E-state index contributed by atoms with van der Waals surface area (Å²) in [4.78, 5) is 40.7. The van der Waals surface area contributed by atoms with Gasteiger partial charge in [0.25, 0.3) is 5.91 Å². The van der Waals surface area contributed by atoms with E-state index < -0.39 is 11.7 Å². The van der Waals surface area contributed by atoms with E-state index in [1.807, 2.05) is 39.8 Å². The summed E-state index contributed by atoms with van der Waals surface area (Å²) in [5, 5.41) is 0. The van der Waals surface area contributed by atoms with Gasteiger partial charge in [0, 0.05) is 44.5 Å². The molecule has 3 heterocycles. The number of anilines is 1. The molecular formula is C25H33N5O4. The van der Waals surface area contributed by atoms with Gasteiger partial charge < -0.3 is 19.3 Å². The zero-order chi connectivity index (χ0) is 24.6. The maximum absolute atomic E-state index is 13.0. The number of aromatic nitrogens is 2. The van der Waals surface area contributed by atoms with Crippen LogP contribution in [0.4, 0.5) is 10.6 Å². The molecule has 1 unspecified atom stereocenters. The van der Waals surface area contributed by atoms with Crippen molar-refractivity contribution in [3.63, 3.8) is 0 Å². The van der Waals surface area contributed by atoms with Crippen molar-refractivity contribution in [1.29, 1.82) is 0 Å². The molecule has 2 aromatic rings. The average molecular weight is 468 g/mol. The first-order valence-corrected chi connectivity index (χ1v) is 11.6. The number of carbonyl (C=O) groups excluding carboxylic acids is 2. The molecular weight excluding hydrogens is 434 g/mol. The number of amides is 2. The minimum atomic E-state index is -0.622. The van der Waals surface area contributed by atoms with Crippen LogP contribution < -0.4 is 4.90 Å². The summed E-state index contributed by atoms with van der Waals surface area (Å²) in [7, 11) is 3.43. The Morgan fingerprint density at radius 2 is 2.00 bits per heavy atom. The number of carbonyl (C=O) groups is 2. The number of hydrogen-bond acceptors (Lipinski definition) is 7. The van der Waals surface area contributed by atoms with Crippen molar-refractivity contribution in [2.45, 2.75) is 51.9 Å². The normalized spacial score (nSPS) is 20.6. The third-order valence-electron chi connectivity index (χ3n) is 5.81. The summed E-state index contributed by atoms with van der Waals surface area (Å²) in [6.45, 7) is 9.64. The molecule has 4 rings (SSSR count). The SMILES string of the molecule is C[C@@H]1CN(c2cnc3cc(C(=O)N(C)C)cc(C4CC=CN4C(=O)OC(C)(C)C)c3n2)CCO1. The molecule has 9 heteroatoms. The molecule has 2 amide bonds. The molecule has 34 heavy (non-hydrogen) atoms. The van der Waals surface area contributed by atoms with Gasteiger partial charge in [-0.15, -0.1) is 0 Å². The highest BCUT2D eigenvalue weighted by Gasteiger charge is 2.33. The predicted molar refractivity (Wildman–Crippen MR) is 130 cm³/mol. The monoisotopic (exact) mass is 467 g/mol. The molecule has 0 aliphatic carbocycles. The van der Waals surface area contributed by atoms with Crippen LogP contribution >= 0.6 is 0 Å². The Balaban J connectivity index is 1.80. The molecule has 9 nitrogen and oxygen atoms in total. The van der Waals surface area contributed by atoms with Crippen LogP contribution in [-0.4, -0.2) is 77.3 Å². The molecule has 0 N–H and O–H groups in total. The summed E-state index contributed by atoms with van der Waals surface area (Å²) >= 11 is 0. The minimum absolute atomic E-state index is 0.104. The lowest BCUT2D eigenvalue weighted by atomic mass is 9.99. The van der Waals surface area contributed by atoms with Crippen molar-refractivity contribution < 1.29 is 19.1 Å². The van der Waals surface area contributed by atoms with E-state index in [-0.39, 0.29) is 18.1 Å². The van der Waals surface area contributed by atoms with Gasteiger partial charge in [0.05, 0.1) is 36.0 Å². The highest BCUT2D eigenvalue weighted by Crippen LogP contribution is 2.36. The van der Waals surface area contributed by atoms with Crippen molar-refractivity contribution in [3.05, 3.63) is 41.7 Å². The van der Waals surface area contributed by atoms with E-state index >= 15 is 0 Å². The number of hydrogen-bond donors (Lipinski definition) is 0. The lowest BCUT2D eigenvalue weighted by molar-refractivity contribution is 0.0287. The van der Waals surface area contributed by atoms with Crippen LogP contribution in [0.15, 0.2) is 30.6 Å². The summed E-state index contributed by atoms with van der Waals surface area (Å²) in [5.74, 6) is 0.621. The zero-order valence-electron chi connectivity index (χ0n) is 20.7. The maximum atomic E-state index is 13.0. The van der Waals surface area contributed by atoms with E-state index in [2.05, 4.69) is 9.88 Å². The smallest absolute Gasteiger partial charge is 0.414 e. The second kappa shape index (κ2) is 9.21. The van der Waals surface area contributed by atoms with Crippen LogP contribution in [0.3, 0.4) is 0 Å². The maximum Gasteiger partial charge on any atom is 0.414 e. The van der Waals surface area contributed by atoms with E-state index in [0.717, 1.165) is 24.5 Å². The van der Waals surface area contributed by atoms with E-state index in [4.69, 9.17) is 14.5 Å². The molecule has 1 aromatic heterocycles. The topological polar surface area (TPSA) is 88.1 Å². The molecule has 1 aromatic carbocycles. The van der Waals surface area contributed by atoms with Crippen molar-refractivity contribution >= 4 is 28.9 Å². The Morgan fingerprint density at radius 3 is 2.68 bits per heavy atom. The number of morpholine rings is 1. The Bertz CT molecular complexity index is 1120. The lowest BCUT2D eigenvalue weighted by Crippen LogP contribution is -2.41. The third kappa shape index (κ3) is 4.99. The largest absolute Gasteiger partial charge is 0.443 e. The number of fused-ring (bicyclic) bond motifs is 1. The Kier molecular flexibility index (Phi) is 6.49. The Morgan fingerprint density at radius 1 is 1.24 bits per heavy atom. The molecule has 182 valence electrons. The van der Waals surface area contributed by atoms with Crippen LogP contribution in [0.25, 0.3) is 11.0 Å². The molecule has 0 saturated carbocycles. The van der Waals surface area contributed by atoms with Crippen LogP contribution in [0.2, 0.25) is 0 Å². The molecule has 0 bridgehead atoms. The van der Waals surface area contributed by atoms with E-state index in [0.29, 0.717) is 29.6 Å². The van der Waals surface area contributed by atoms with Crippen LogP contribution in [0.1, 0.15) is 56.1 Å². The fourth-order valence-corrected chi connectivity index (χ4v) is 4.25. The Labute approximate surface area is 200 Å². The molecule has 2 aliphatic rings. The molecule has 1 fully saturated rings. The highest BCUT2D eigenvalue weighted by atomic mass is 16.6. The van der Waals surface area contributed by atoms with Gasteiger partial charge >= 0.3 is 6.09 Å². The predicted octanol–water partition coefficient (Wildman–Crippen LogP) is 3.75. The van der Waals surface area contributed by atoms with Gasteiger partial charge in [0.1, 0.15) is 11.4 Å². The summed E-state index contributed by atoms with van der Waals surface area (Å²) < 4.78 is 11.3. The fourth-order valence-electron chi connectivity index (χ4n) is 4.25. The van der Waals surface area contributed by atoms with Crippen LogP contribution in [-0.2, 0) is 9.47 Å². The molecule has 2 atom stereocenters. The van der Waals surface area contributed by atoms with Gasteiger partial charge in [-0.3, -0.25) is 14.7 Å². The summed E-state index contributed by atoms with van der Waals surface area (Å²) in [5.41, 5.74) is 1.95. The molecule has 2 aliphatic heterocycles. The average Bonchev–Trinajstić information content (AvgIpc) is 3.26. The first-order valence-electron chi connectivity index (χ1n) is 11.6. The quantitative estimate of drug-likeness (QED) is 0.679. The van der Waals surface area contributed by atoms with Gasteiger partial charge in [-0.1, -0.05) is 6.08 Å². The third-order valence-corrected chi connectivity index (χ3v) is 5.81. The standard InChI is InChI=1S/C25H33N5O4/c1-16-15-29(10-11-33-16)21-14-26-19-13-17(23(31)28(5)6)12-18(22(19)27-21)20-8-7-9-30(20)24(32)34-25(2,3)4/h7,9,12-14,16,20H,8,10-11,15H2,1-6H3/t16-,20?/m1/s1. The molecule has 0 radical (unpaired) electrons. The van der Waals surface area contributed by atoms with E-state index in [1.165, 1.54) is 4.90 Å². The first kappa shape index (κ1) is 23.9. The lowest BCUT2D eigenvalue weighted by Gasteiger charge is -2.32. The van der Waals surface area contributed by atoms with E-state index in [1.54, 1.807) is 37.5 Å². The van der Waals surface area contributed by atoms with Crippen LogP contribution in [0.5, 0.6) is 0 Å². The van der Waals surface area contributed by atoms with Crippen molar-refractivity contribution in [3.8, 4) is 0 Å². The van der Waals surface area contributed by atoms with E-state index in [9.17, 15) is 9.59 Å². The minimum Gasteiger partial charge on any atom is -0.443 e. The fraction of sp³-hybridized carbons (Fsp3) is 0.520. The number of benzene rings is 1. The second-order valence-corrected chi connectivity index (χ2v) is 10.0. The van der Waals surface area contributed by atoms with Gasteiger partial charge in [-0.25, -0.2) is 9.78 Å². The zero-order valence-corrected chi connectivity index (χ0v) is 20.7. The van der Waals surface area contributed by atoms with Gasteiger partial charge in [-0.2, -0.15) is 0 Å². The van der Waals surface area contributed by atoms with Gasteiger partial charge in [-0.05, 0) is 46.2 Å². The van der Waals surface area contributed by atoms with Gasteiger partial charge in [0.15, 0.2) is 0 Å².